The van der Waals surface area contributed by atoms with Gasteiger partial charge in [-0.3, -0.25) is 4.79 Å². The molecule has 1 unspecified atom stereocenters. The van der Waals surface area contributed by atoms with Crippen molar-refractivity contribution in [1.82, 2.24) is 5.32 Å². The Hall–Kier alpha value is -2.40. The molecule has 0 aliphatic carbocycles. The number of amides is 1. The van der Waals surface area contributed by atoms with Crippen LogP contribution in [0.2, 0.25) is 0 Å². The van der Waals surface area contributed by atoms with Gasteiger partial charge in [0, 0.05) is 12.5 Å². The van der Waals surface area contributed by atoms with Crippen molar-refractivity contribution < 1.29 is 19.0 Å². The minimum absolute atomic E-state index is 0.139. The lowest BCUT2D eigenvalue weighted by atomic mass is 9.96. The molecule has 0 aliphatic heterocycles. The minimum Gasteiger partial charge on any atom is -0.493 e. The summed E-state index contributed by atoms with van der Waals surface area (Å²) in [6, 6.07) is 15.1. The molecule has 1 amide bonds. The number of aliphatic hydroxyl groups is 1. The van der Waals surface area contributed by atoms with Gasteiger partial charge in [0.1, 0.15) is 17.2 Å². The lowest BCUT2D eigenvalue weighted by molar-refractivity contribution is -0.122. The summed E-state index contributed by atoms with van der Waals surface area (Å²) in [5.74, 6) is -0.0650. The van der Waals surface area contributed by atoms with E-state index in [1.54, 1.807) is 19.1 Å². The highest BCUT2D eigenvalue weighted by Gasteiger charge is 2.23. The van der Waals surface area contributed by atoms with Gasteiger partial charge in [0.25, 0.3) is 0 Å². The van der Waals surface area contributed by atoms with E-state index in [2.05, 4.69) is 5.32 Å². The number of halogens is 1. The molecule has 0 heterocycles. The Morgan fingerprint density at radius 1 is 1.21 bits per heavy atom. The molecular formula is C19H22FNO3. The van der Waals surface area contributed by atoms with Gasteiger partial charge in [-0.15, -0.1) is 0 Å². The van der Waals surface area contributed by atoms with Crippen LogP contribution in [0.15, 0.2) is 54.6 Å². The van der Waals surface area contributed by atoms with E-state index < -0.39 is 5.60 Å². The van der Waals surface area contributed by atoms with Gasteiger partial charge in [-0.2, -0.15) is 0 Å². The molecule has 2 rings (SSSR count). The van der Waals surface area contributed by atoms with Crippen molar-refractivity contribution in [2.24, 2.45) is 0 Å². The number of carbonyl (C=O) groups excluding carboxylic acids is 1. The van der Waals surface area contributed by atoms with Crippen LogP contribution in [-0.2, 0) is 10.4 Å². The molecule has 2 N–H and O–H groups in total. The van der Waals surface area contributed by atoms with Crippen LogP contribution in [0, 0.1) is 5.82 Å². The van der Waals surface area contributed by atoms with Gasteiger partial charge in [0.15, 0.2) is 0 Å². The summed E-state index contributed by atoms with van der Waals surface area (Å²) in [5.41, 5.74) is -0.366. The predicted molar refractivity (Wildman–Crippen MR) is 90.2 cm³/mol. The number of rotatable bonds is 8. The van der Waals surface area contributed by atoms with Crippen molar-refractivity contribution in [3.8, 4) is 5.75 Å². The Morgan fingerprint density at radius 2 is 1.96 bits per heavy atom. The lowest BCUT2D eigenvalue weighted by Gasteiger charge is -2.24. The number of hydrogen-bond acceptors (Lipinski definition) is 3. The van der Waals surface area contributed by atoms with Crippen molar-refractivity contribution in [1.29, 1.82) is 0 Å². The lowest BCUT2D eigenvalue weighted by Crippen LogP contribution is -2.38. The molecule has 1 atom stereocenters. The van der Waals surface area contributed by atoms with Gasteiger partial charge in [-0.05, 0) is 31.0 Å². The van der Waals surface area contributed by atoms with Crippen molar-refractivity contribution in [3.05, 3.63) is 66.0 Å². The first-order valence-corrected chi connectivity index (χ1v) is 7.90. The summed E-state index contributed by atoms with van der Waals surface area (Å²) in [6.07, 6.45) is 0.788. The predicted octanol–water partition coefficient (Wildman–Crippen LogP) is 3.01. The third kappa shape index (κ3) is 5.66. The van der Waals surface area contributed by atoms with Gasteiger partial charge in [-0.25, -0.2) is 4.39 Å². The van der Waals surface area contributed by atoms with Gasteiger partial charge in [0.05, 0.1) is 13.2 Å². The third-order valence-corrected chi connectivity index (χ3v) is 3.64. The van der Waals surface area contributed by atoms with Crippen LogP contribution in [0.3, 0.4) is 0 Å². The van der Waals surface area contributed by atoms with Crippen LogP contribution in [0.4, 0.5) is 4.39 Å². The smallest absolute Gasteiger partial charge is 0.220 e. The summed E-state index contributed by atoms with van der Waals surface area (Å²) in [5, 5.41) is 13.1. The molecule has 5 heteroatoms. The van der Waals surface area contributed by atoms with Crippen LogP contribution in [-0.4, -0.2) is 24.2 Å². The van der Waals surface area contributed by atoms with E-state index in [0.717, 1.165) is 5.56 Å². The van der Waals surface area contributed by atoms with Crippen LogP contribution in [0.1, 0.15) is 25.3 Å². The molecule has 0 bridgehead atoms. The molecule has 128 valence electrons. The number of ether oxygens (including phenoxy) is 1. The largest absolute Gasteiger partial charge is 0.493 e. The van der Waals surface area contributed by atoms with Gasteiger partial charge < -0.3 is 15.2 Å². The Bertz CT molecular complexity index is 659. The molecule has 2 aromatic rings. The van der Waals surface area contributed by atoms with Crippen molar-refractivity contribution in [3.63, 3.8) is 0 Å². The molecule has 2 aromatic carbocycles. The van der Waals surface area contributed by atoms with Crippen molar-refractivity contribution in [2.75, 3.05) is 13.2 Å². The molecule has 0 radical (unpaired) electrons. The average molecular weight is 331 g/mol. The average Bonchev–Trinajstić information content (AvgIpc) is 2.58. The normalized spacial score (nSPS) is 13.1. The molecule has 0 saturated carbocycles. The second-order valence-corrected chi connectivity index (χ2v) is 5.83. The molecule has 0 aromatic heterocycles. The molecule has 0 aliphatic rings. The highest BCUT2D eigenvalue weighted by Crippen LogP contribution is 2.19. The zero-order valence-electron chi connectivity index (χ0n) is 13.7. The van der Waals surface area contributed by atoms with Crippen molar-refractivity contribution >= 4 is 5.91 Å². The molecule has 0 saturated heterocycles. The second kappa shape index (κ2) is 8.45. The fraction of sp³-hybridized carbons (Fsp3) is 0.316. The summed E-state index contributed by atoms with van der Waals surface area (Å²) >= 11 is 0. The maximum atomic E-state index is 13.0. The number of hydrogen-bond donors (Lipinski definition) is 2. The SMILES string of the molecule is CC(O)(CNC(=O)CCCOc1cccc(F)c1)c1ccccc1. The Balaban J connectivity index is 1.68. The highest BCUT2D eigenvalue weighted by molar-refractivity contribution is 5.75. The van der Waals surface area contributed by atoms with Crippen LogP contribution < -0.4 is 10.1 Å². The Morgan fingerprint density at radius 3 is 2.67 bits per heavy atom. The monoisotopic (exact) mass is 331 g/mol. The van der Waals surface area contributed by atoms with Crippen molar-refractivity contribution in [2.45, 2.75) is 25.4 Å². The van der Waals surface area contributed by atoms with Crippen LogP contribution in [0.25, 0.3) is 0 Å². The van der Waals surface area contributed by atoms with E-state index >= 15 is 0 Å². The highest BCUT2D eigenvalue weighted by atomic mass is 19.1. The molecule has 0 fully saturated rings. The molecule has 0 spiro atoms. The van der Waals surface area contributed by atoms with E-state index in [-0.39, 0.29) is 24.7 Å². The standard InChI is InChI=1S/C19H22FNO3/c1-19(23,15-7-3-2-4-8-15)14-21-18(22)11-6-12-24-17-10-5-9-16(20)13-17/h2-5,7-10,13,23H,6,11-12,14H2,1H3,(H,21,22). The zero-order chi connectivity index (χ0) is 17.4. The van der Waals surface area contributed by atoms with Gasteiger partial charge in [0.2, 0.25) is 5.91 Å². The number of carbonyl (C=O) groups is 1. The van der Waals surface area contributed by atoms with Gasteiger partial charge >= 0.3 is 0 Å². The topological polar surface area (TPSA) is 58.6 Å². The number of benzene rings is 2. The third-order valence-electron chi connectivity index (χ3n) is 3.64. The van der Waals surface area contributed by atoms with Gasteiger partial charge in [-0.1, -0.05) is 36.4 Å². The summed E-state index contributed by atoms with van der Waals surface area (Å²) in [6.45, 7) is 2.13. The van der Waals surface area contributed by atoms with Crippen LogP contribution >= 0.6 is 0 Å². The number of nitrogens with one attached hydrogen (secondary N) is 1. The first-order chi connectivity index (χ1) is 11.5. The summed E-state index contributed by atoms with van der Waals surface area (Å²) in [7, 11) is 0. The maximum absolute atomic E-state index is 13.0. The zero-order valence-corrected chi connectivity index (χ0v) is 13.7. The first kappa shape index (κ1) is 17.9. The van der Waals surface area contributed by atoms with E-state index in [1.807, 2.05) is 30.3 Å². The van der Waals surface area contributed by atoms with Crippen LogP contribution in [0.5, 0.6) is 5.75 Å². The minimum atomic E-state index is -1.12. The van der Waals surface area contributed by atoms with E-state index in [1.165, 1.54) is 12.1 Å². The first-order valence-electron chi connectivity index (χ1n) is 7.90. The van der Waals surface area contributed by atoms with E-state index in [4.69, 9.17) is 4.74 Å². The second-order valence-electron chi connectivity index (χ2n) is 5.83. The quantitative estimate of drug-likeness (QED) is 0.731. The maximum Gasteiger partial charge on any atom is 0.220 e. The van der Waals surface area contributed by atoms with E-state index in [0.29, 0.717) is 18.8 Å². The summed E-state index contributed by atoms with van der Waals surface area (Å²) in [4.78, 5) is 11.8. The summed E-state index contributed by atoms with van der Waals surface area (Å²) < 4.78 is 18.4. The molecular weight excluding hydrogens is 309 g/mol. The fourth-order valence-electron chi connectivity index (χ4n) is 2.24. The molecule has 24 heavy (non-hydrogen) atoms. The Kier molecular flexibility index (Phi) is 6.32. The van der Waals surface area contributed by atoms with E-state index in [9.17, 15) is 14.3 Å². The Labute approximate surface area is 141 Å². The molecule has 4 nitrogen and oxygen atoms in total. The fourth-order valence-corrected chi connectivity index (χ4v) is 2.24.